The van der Waals surface area contributed by atoms with Gasteiger partial charge in [-0.15, -0.1) is 10.2 Å². The second kappa shape index (κ2) is 4.45. The van der Waals surface area contributed by atoms with Crippen LogP contribution in [0, 0.1) is 6.33 Å². The lowest BCUT2D eigenvalue weighted by molar-refractivity contribution is -0.123. The number of hydrogen-bond donors (Lipinski definition) is 2. The summed E-state index contributed by atoms with van der Waals surface area (Å²) in [5.74, 6) is -0.386. The van der Waals surface area contributed by atoms with Gasteiger partial charge in [-0.05, 0) is 0 Å². The molecule has 0 spiro atoms. The highest BCUT2D eigenvalue weighted by molar-refractivity contribution is 5.76. The molecule has 0 saturated carbocycles. The van der Waals surface area contributed by atoms with Crippen LogP contribution >= 0.6 is 0 Å². The first-order chi connectivity index (χ1) is 5.83. The van der Waals surface area contributed by atoms with Crippen LogP contribution in [0.15, 0.2) is 6.33 Å². The highest BCUT2D eigenvalue weighted by Crippen LogP contribution is 1.78. The Bertz CT molecular complexity index is 234. The van der Waals surface area contributed by atoms with Gasteiger partial charge in [-0.25, -0.2) is 0 Å². The van der Waals surface area contributed by atoms with E-state index in [9.17, 15) is 4.79 Å². The summed E-state index contributed by atoms with van der Waals surface area (Å²) in [5, 5.41) is 17.8. The monoisotopic (exact) mass is 169 g/mol. The number of rotatable bonds is 4. The molecule has 1 amide bonds. The van der Waals surface area contributed by atoms with Gasteiger partial charge in [0.2, 0.25) is 12.2 Å². The molecule has 1 aromatic heterocycles. The second-order valence-corrected chi connectivity index (χ2v) is 2.13. The Balaban J connectivity index is 2.15. The molecule has 0 aromatic carbocycles. The van der Waals surface area contributed by atoms with Crippen molar-refractivity contribution in [2.75, 3.05) is 13.2 Å². The Hall–Kier alpha value is -1.43. The summed E-state index contributed by atoms with van der Waals surface area (Å²) in [4.78, 5) is 10.5. The van der Waals surface area contributed by atoms with Gasteiger partial charge < -0.3 is 15.0 Å². The highest BCUT2D eigenvalue weighted by Gasteiger charge is 1.96. The summed E-state index contributed by atoms with van der Waals surface area (Å²) in [6.45, 7) is 0.512. The zero-order valence-corrected chi connectivity index (χ0v) is 6.40. The third-order valence-electron chi connectivity index (χ3n) is 1.24. The Morgan fingerprint density at radius 3 is 3.17 bits per heavy atom. The summed E-state index contributed by atoms with van der Waals surface area (Å²) >= 11 is 0. The van der Waals surface area contributed by atoms with Gasteiger partial charge in [-0.1, -0.05) is 0 Å². The lowest BCUT2D eigenvalue weighted by Gasteiger charge is -2.01. The van der Waals surface area contributed by atoms with Crippen LogP contribution < -0.4 is 5.32 Å². The summed E-state index contributed by atoms with van der Waals surface area (Å²) < 4.78 is 1.61. The molecule has 1 rings (SSSR count). The van der Waals surface area contributed by atoms with Crippen molar-refractivity contribution in [3.05, 3.63) is 12.7 Å². The van der Waals surface area contributed by atoms with Crippen LogP contribution in [0.3, 0.4) is 0 Å². The SMILES string of the molecule is O=C(CO)NCCn1[c]nnc1. The summed E-state index contributed by atoms with van der Waals surface area (Å²) in [6.07, 6.45) is 4.08. The first kappa shape index (κ1) is 8.66. The standard InChI is InChI=1S/C6H9N4O2/c11-3-6(12)7-1-2-10-4-8-9-5-10/h4,11H,1-3H2,(H,7,12). The zero-order valence-electron chi connectivity index (χ0n) is 6.40. The molecule has 6 nitrogen and oxygen atoms in total. The van der Waals surface area contributed by atoms with Crippen LogP contribution in [-0.4, -0.2) is 38.9 Å². The highest BCUT2D eigenvalue weighted by atomic mass is 16.3. The average molecular weight is 169 g/mol. The van der Waals surface area contributed by atoms with E-state index >= 15 is 0 Å². The van der Waals surface area contributed by atoms with E-state index in [-0.39, 0.29) is 5.91 Å². The van der Waals surface area contributed by atoms with E-state index in [2.05, 4.69) is 21.8 Å². The Labute approximate surface area is 69.2 Å². The van der Waals surface area contributed by atoms with Gasteiger partial charge in [0.05, 0.1) is 0 Å². The number of nitrogens with zero attached hydrogens (tertiary/aromatic N) is 3. The van der Waals surface area contributed by atoms with E-state index < -0.39 is 6.61 Å². The zero-order chi connectivity index (χ0) is 8.81. The van der Waals surface area contributed by atoms with Crippen molar-refractivity contribution in [1.29, 1.82) is 0 Å². The molecule has 1 heterocycles. The van der Waals surface area contributed by atoms with Gasteiger partial charge in [0.15, 0.2) is 0 Å². The Kier molecular flexibility index (Phi) is 3.21. The van der Waals surface area contributed by atoms with Crippen LogP contribution in [0.25, 0.3) is 0 Å². The van der Waals surface area contributed by atoms with Gasteiger partial charge in [0, 0.05) is 13.1 Å². The van der Waals surface area contributed by atoms with Crippen LogP contribution in [0.2, 0.25) is 0 Å². The topological polar surface area (TPSA) is 80.0 Å². The third kappa shape index (κ3) is 2.67. The molecule has 0 atom stereocenters. The maximum atomic E-state index is 10.5. The molecule has 1 aromatic rings. The fraction of sp³-hybridized carbons (Fsp3) is 0.500. The quantitative estimate of drug-likeness (QED) is 0.556. The van der Waals surface area contributed by atoms with Crippen molar-refractivity contribution in [3.63, 3.8) is 0 Å². The molecule has 1 radical (unpaired) electrons. The normalized spacial score (nSPS) is 9.75. The number of aliphatic hydroxyl groups excluding tert-OH is 1. The lowest BCUT2D eigenvalue weighted by atomic mass is 10.5. The van der Waals surface area contributed by atoms with Crippen molar-refractivity contribution in [2.24, 2.45) is 0 Å². The van der Waals surface area contributed by atoms with Crippen molar-refractivity contribution in [1.82, 2.24) is 20.1 Å². The number of aliphatic hydroxyl groups is 1. The molecular weight excluding hydrogens is 160 g/mol. The van der Waals surface area contributed by atoms with Gasteiger partial charge in [-0.3, -0.25) is 4.79 Å². The van der Waals surface area contributed by atoms with Gasteiger partial charge in [0.1, 0.15) is 12.9 Å². The molecule has 0 fully saturated rings. The second-order valence-electron chi connectivity index (χ2n) is 2.13. The number of nitrogens with one attached hydrogen (secondary N) is 1. The van der Waals surface area contributed by atoms with Gasteiger partial charge in [0.25, 0.3) is 0 Å². The molecule has 2 N–H and O–H groups in total. The van der Waals surface area contributed by atoms with Gasteiger partial charge in [-0.2, -0.15) is 0 Å². The average Bonchev–Trinajstić information content (AvgIpc) is 2.57. The molecule has 0 aliphatic heterocycles. The molecule has 0 aliphatic carbocycles. The predicted molar refractivity (Wildman–Crippen MR) is 39.0 cm³/mol. The largest absolute Gasteiger partial charge is 0.387 e. The molecule has 0 saturated heterocycles. The minimum absolute atomic E-state index is 0.386. The van der Waals surface area contributed by atoms with Crippen molar-refractivity contribution in [2.45, 2.75) is 6.54 Å². The summed E-state index contributed by atoms with van der Waals surface area (Å²) in [7, 11) is 0. The number of hydrogen-bond acceptors (Lipinski definition) is 4. The van der Waals surface area contributed by atoms with Crippen molar-refractivity contribution >= 4 is 5.91 Å². The van der Waals surface area contributed by atoms with E-state index in [1.807, 2.05) is 0 Å². The van der Waals surface area contributed by atoms with Crippen LogP contribution in [-0.2, 0) is 11.3 Å². The predicted octanol–water partition coefficient (Wildman–Crippen LogP) is -1.81. The Morgan fingerprint density at radius 1 is 1.75 bits per heavy atom. The molecule has 6 heteroatoms. The third-order valence-corrected chi connectivity index (χ3v) is 1.24. The lowest BCUT2D eigenvalue weighted by Crippen LogP contribution is -2.29. The van der Waals surface area contributed by atoms with E-state index in [0.717, 1.165) is 0 Å². The number of amides is 1. The molecule has 0 aliphatic rings. The number of aromatic nitrogens is 3. The fourth-order valence-electron chi connectivity index (χ4n) is 0.677. The smallest absolute Gasteiger partial charge is 0.245 e. The molecule has 0 bridgehead atoms. The Morgan fingerprint density at radius 2 is 2.58 bits per heavy atom. The maximum Gasteiger partial charge on any atom is 0.245 e. The van der Waals surface area contributed by atoms with E-state index in [4.69, 9.17) is 5.11 Å². The molecule has 12 heavy (non-hydrogen) atoms. The van der Waals surface area contributed by atoms with Crippen LogP contribution in [0.4, 0.5) is 0 Å². The molecular formula is C6H9N4O2. The molecule has 65 valence electrons. The summed E-state index contributed by atoms with van der Waals surface area (Å²) in [6, 6.07) is 0. The molecule has 0 unspecified atom stereocenters. The first-order valence-electron chi connectivity index (χ1n) is 3.46. The van der Waals surface area contributed by atoms with Crippen LogP contribution in [0.1, 0.15) is 0 Å². The van der Waals surface area contributed by atoms with Crippen molar-refractivity contribution in [3.8, 4) is 0 Å². The van der Waals surface area contributed by atoms with Gasteiger partial charge >= 0.3 is 0 Å². The van der Waals surface area contributed by atoms with E-state index in [1.54, 1.807) is 4.57 Å². The summed E-state index contributed by atoms with van der Waals surface area (Å²) in [5.41, 5.74) is 0. The maximum absolute atomic E-state index is 10.5. The number of carbonyl (C=O) groups is 1. The van der Waals surface area contributed by atoms with E-state index in [0.29, 0.717) is 13.1 Å². The fourth-order valence-corrected chi connectivity index (χ4v) is 0.677. The minimum atomic E-state index is -0.480. The first-order valence-corrected chi connectivity index (χ1v) is 3.46. The number of carbonyl (C=O) groups excluding carboxylic acids is 1. The minimum Gasteiger partial charge on any atom is -0.387 e. The van der Waals surface area contributed by atoms with Crippen LogP contribution in [0.5, 0.6) is 0 Å². The van der Waals surface area contributed by atoms with E-state index in [1.165, 1.54) is 6.33 Å². The van der Waals surface area contributed by atoms with Crippen molar-refractivity contribution < 1.29 is 9.90 Å².